The molecule has 0 spiro atoms. The van der Waals surface area contributed by atoms with Crippen molar-refractivity contribution in [3.05, 3.63) is 48.0 Å². The van der Waals surface area contributed by atoms with Crippen molar-refractivity contribution in [3.63, 3.8) is 0 Å². The minimum Gasteiger partial charge on any atom is -0.508 e. The van der Waals surface area contributed by atoms with E-state index in [0.717, 1.165) is 0 Å². The molecule has 4 amide bonds. The molecule has 4 atom stereocenters. The van der Waals surface area contributed by atoms with E-state index in [1.165, 1.54) is 24.7 Å². The van der Waals surface area contributed by atoms with E-state index < -0.39 is 53.8 Å². The third-order valence-electron chi connectivity index (χ3n) is 5.45. The van der Waals surface area contributed by atoms with Gasteiger partial charge in [-0.1, -0.05) is 12.1 Å². The van der Waals surface area contributed by atoms with Crippen molar-refractivity contribution in [1.82, 2.24) is 25.9 Å². The Morgan fingerprint density at radius 2 is 1.55 bits per heavy atom. The fraction of sp³-hybridized carbons (Fsp3) is 0.391. The van der Waals surface area contributed by atoms with Gasteiger partial charge in [0.1, 0.15) is 23.9 Å². The van der Waals surface area contributed by atoms with Crippen LogP contribution in [0.3, 0.4) is 0 Å². The highest BCUT2D eigenvalue weighted by molar-refractivity contribution is 7.80. The Morgan fingerprint density at radius 1 is 0.947 bits per heavy atom. The van der Waals surface area contributed by atoms with Gasteiger partial charge in [-0.25, -0.2) is 9.78 Å². The zero-order valence-corrected chi connectivity index (χ0v) is 21.2. The number of aliphatic carboxylic acids is 1. The zero-order chi connectivity index (χ0) is 28.2. The summed E-state index contributed by atoms with van der Waals surface area (Å²) in [5, 5.41) is 25.9. The van der Waals surface area contributed by atoms with Crippen molar-refractivity contribution in [2.24, 2.45) is 11.5 Å². The van der Waals surface area contributed by atoms with E-state index in [1.54, 1.807) is 12.1 Å². The second kappa shape index (κ2) is 14.6. The SMILES string of the molecule is NC(=O)CCC(NC(=O)C(Cc1cnc[nH]1)NC(=O)C(N)Cc1ccc(O)cc1)C(=O)NC(CS)C(=O)O. The summed E-state index contributed by atoms with van der Waals surface area (Å²) in [6, 6.07) is 1.20. The molecule has 0 radical (unpaired) electrons. The number of aromatic amines is 1. The molecular formula is C23H31N7O7S. The molecule has 4 unspecified atom stereocenters. The van der Waals surface area contributed by atoms with Crippen LogP contribution in [-0.2, 0) is 36.8 Å². The van der Waals surface area contributed by atoms with Crippen LogP contribution in [0.2, 0.25) is 0 Å². The number of hydrogen-bond acceptors (Lipinski definition) is 9. The zero-order valence-electron chi connectivity index (χ0n) is 20.3. The lowest BCUT2D eigenvalue weighted by atomic mass is 10.0. The summed E-state index contributed by atoms with van der Waals surface area (Å²) in [7, 11) is 0. The molecule has 0 saturated carbocycles. The number of phenolic OH excluding ortho intramolecular Hbond substituents is 1. The summed E-state index contributed by atoms with van der Waals surface area (Å²) in [4.78, 5) is 68.1. The molecule has 2 rings (SSSR count). The highest BCUT2D eigenvalue weighted by Gasteiger charge is 2.30. The summed E-state index contributed by atoms with van der Waals surface area (Å²) >= 11 is 3.89. The first-order valence-electron chi connectivity index (χ1n) is 11.5. The Morgan fingerprint density at radius 3 is 2.11 bits per heavy atom. The summed E-state index contributed by atoms with van der Waals surface area (Å²) in [5.74, 6) is -4.53. The average Bonchev–Trinajstić information content (AvgIpc) is 3.38. The van der Waals surface area contributed by atoms with Crippen LogP contribution < -0.4 is 27.4 Å². The number of rotatable bonds is 15. The Hall–Kier alpha value is -4.11. The van der Waals surface area contributed by atoms with Gasteiger partial charge in [-0.15, -0.1) is 0 Å². The normalized spacial score (nSPS) is 13.9. The molecule has 0 aliphatic carbocycles. The van der Waals surface area contributed by atoms with Gasteiger partial charge < -0.3 is 42.6 Å². The highest BCUT2D eigenvalue weighted by atomic mass is 32.1. The number of amides is 4. The lowest BCUT2D eigenvalue weighted by Crippen LogP contribution is -2.58. The molecule has 0 fully saturated rings. The number of benzene rings is 1. The smallest absolute Gasteiger partial charge is 0.327 e. The molecule has 10 N–H and O–H groups in total. The third kappa shape index (κ3) is 9.74. The molecule has 0 aliphatic heterocycles. The second-order valence-corrected chi connectivity index (χ2v) is 8.83. The van der Waals surface area contributed by atoms with Crippen LogP contribution in [0.5, 0.6) is 5.75 Å². The fourth-order valence-electron chi connectivity index (χ4n) is 3.37. The Kier molecular flexibility index (Phi) is 11.6. The minimum atomic E-state index is -1.34. The van der Waals surface area contributed by atoms with Gasteiger partial charge in [-0.05, 0) is 30.5 Å². The van der Waals surface area contributed by atoms with Crippen LogP contribution in [0, 0.1) is 0 Å². The molecule has 0 bridgehead atoms. The minimum absolute atomic E-state index is 0.0396. The maximum Gasteiger partial charge on any atom is 0.327 e. The summed E-state index contributed by atoms with van der Waals surface area (Å²) in [6.07, 6.45) is 2.43. The number of hydrogen-bond donors (Lipinski definition) is 9. The standard InChI is InChI=1S/C23H31N7O7S/c24-15(7-12-1-3-14(31)4-2-12)20(33)29-17(8-13-9-26-11-27-13)22(35)28-16(5-6-19(25)32)21(34)30-18(10-38)23(36)37/h1-4,9,11,15-18,31,38H,5-8,10,24H2,(H2,25,32)(H,26,27)(H,28,35)(H,29,33)(H,30,34)(H,36,37). The van der Waals surface area contributed by atoms with Gasteiger partial charge in [-0.3, -0.25) is 19.2 Å². The molecule has 2 aromatic rings. The van der Waals surface area contributed by atoms with Gasteiger partial charge in [0.15, 0.2) is 0 Å². The number of thiol groups is 1. The summed E-state index contributed by atoms with van der Waals surface area (Å²) in [6.45, 7) is 0. The Labute approximate surface area is 223 Å². The number of nitrogens with zero attached hydrogens (tertiary/aromatic N) is 1. The maximum absolute atomic E-state index is 13.2. The number of aromatic nitrogens is 2. The van der Waals surface area contributed by atoms with Gasteiger partial charge in [0.25, 0.3) is 0 Å². The number of carbonyl (C=O) groups is 5. The Bertz CT molecular complexity index is 1110. The molecular weight excluding hydrogens is 518 g/mol. The lowest BCUT2D eigenvalue weighted by Gasteiger charge is -2.24. The van der Waals surface area contributed by atoms with E-state index in [0.29, 0.717) is 11.3 Å². The van der Waals surface area contributed by atoms with Crippen LogP contribution in [0.1, 0.15) is 24.1 Å². The largest absolute Gasteiger partial charge is 0.508 e. The molecule has 0 aliphatic rings. The number of primary amides is 1. The molecule has 15 heteroatoms. The average molecular weight is 550 g/mol. The third-order valence-corrected chi connectivity index (χ3v) is 5.82. The van der Waals surface area contributed by atoms with Crippen LogP contribution in [-0.4, -0.2) is 79.7 Å². The number of phenols is 1. The number of carbonyl (C=O) groups excluding carboxylic acids is 4. The van der Waals surface area contributed by atoms with E-state index in [4.69, 9.17) is 11.5 Å². The van der Waals surface area contributed by atoms with Gasteiger partial charge >= 0.3 is 5.97 Å². The van der Waals surface area contributed by atoms with Crippen LogP contribution in [0.15, 0.2) is 36.8 Å². The number of H-pyrrole nitrogens is 1. The molecule has 1 heterocycles. The number of aromatic hydroxyl groups is 1. The molecule has 38 heavy (non-hydrogen) atoms. The van der Waals surface area contributed by atoms with Gasteiger partial charge in [0, 0.05) is 30.5 Å². The monoisotopic (exact) mass is 549 g/mol. The van der Waals surface area contributed by atoms with E-state index in [2.05, 4.69) is 38.5 Å². The predicted octanol–water partition coefficient (Wildman–Crippen LogP) is -2.04. The summed E-state index contributed by atoms with van der Waals surface area (Å²) in [5.41, 5.74) is 12.4. The number of imidazole rings is 1. The van der Waals surface area contributed by atoms with Gasteiger partial charge in [0.2, 0.25) is 23.6 Å². The molecule has 206 valence electrons. The van der Waals surface area contributed by atoms with Gasteiger partial charge in [0.05, 0.1) is 12.4 Å². The van der Waals surface area contributed by atoms with Crippen molar-refractivity contribution in [1.29, 1.82) is 0 Å². The van der Waals surface area contributed by atoms with Crippen LogP contribution in [0.4, 0.5) is 0 Å². The van der Waals surface area contributed by atoms with E-state index >= 15 is 0 Å². The van der Waals surface area contributed by atoms with Crippen molar-refractivity contribution >= 4 is 42.2 Å². The first-order chi connectivity index (χ1) is 18.0. The first-order valence-corrected chi connectivity index (χ1v) is 12.2. The molecule has 1 aromatic carbocycles. The predicted molar refractivity (Wildman–Crippen MR) is 138 cm³/mol. The Balaban J connectivity index is 2.17. The molecule has 0 saturated heterocycles. The van der Waals surface area contributed by atoms with Crippen molar-refractivity contribution in [2.45, 2.75) is 49.9 Å². The molecule has 1 aromatic heterocycles. The van der Waals surface area contributed by atoms with Crippen molar-refractivity contribution in [2.75, 3.05) is 5.75 Å². The molecule has 14 nitrogen and oxygen atoms in total. The number of nitrogens with one attached hydrogen (secondary N) is 4. The second-order valence-electron chi connectivity index (χ2n) is 8.47. The van der Waals surface area contributed by atoms with Crippen LogP contribution in [0.25, 0.3) is 0 Å². The fourth-order valence-corrected chi connectivity index (χ4v) is 3.62. The number of nitrogens with two attached hydrogens (primary N) is 2. The first kappa shape index (κ1) is 30.1. The van der Waals surface area contributed by atoms with Gasteiger partial charge in [-0.2, -0.15) is 12.6 Å². The quantitative estimate of drug-likeness (QED) is 0.111. The van der Waals surface area contributed by atoms with E-state index in [1.807, 2.05) is 0 Å². The van der Waals surface area contributed by atoms with E-state index in [-0.39, 0.29) is 37.2 Å². The lowest BCUT2D eigenvalue weighted by molar-refractivity contribution is -0.141. The summed E-state index contributed by atoms with van der Waals surface area (Å²) < 4.78 is 0. The van der Waals surface area contributed by atoms with Crippen LogP contribution >= 0.6 is 12.6 Å². The van der Waals surface area contributed by atoms with Crippen molar-refractivity contribution < 1.29 is 34.2 Å². The van der Waals surface area contributed by atoms with E-state index in [9.17, 15) is 34.2 Å². The maximum atomic E-state index is 13.2. The topological polar surface area (TPSA) is 243 Å². The number of carboxylic acids is 1. The number of carboxylic acid groups (broad SMARTS) is 1. The highest BCUT2D eigenvalue weighted by Crippen LogP contribution is 2.11. The van der Waals surface area contributed by atoms with Crippen molar-refractivity contribution in [3.8, 4) is 5.75 Å².